The summed E-state index contributed by atoms with van der Waals surface area (Å²) in [5.41, 5.74) is 0.480. The Bertz CT molecular complexity index is 948. The summed E-state index contributed by atoms with van der Waals surface area (Å²) >= 11 is 0. The third-order valence-electron chi connectivity index (χ3n) is 6.49. The fraction of sp³-hybridized carbons (Fsp3) is 0.542. The molecular weight excluding hydrogens is 431 g/mol. The zero-order valence-electron chi connectivity index (χ0n) is 18.9. The highest BCUT2D eigenvalue weighted by molar-refractivity contribution is 5.92. The van der Waals surface area contributed by atoms with E-state index in [9.17, 15) is 18.0 Å². The molecular formula is C24H30F3N5O. The van der Waals surface area contributed by atoms with Crippen LogP contribution < -0.4 is 5.32 Å². The highest BCUT2D eigenvalue weighted by atomic mass is 19.4. The van der Waals surface area contributed by atoms with E-state index in [1.54, 1.807) is 11.1 Å². The van der Waals surface area contributed by atoms with Crippen LogP contribution in [-0.2, 0) is 6.18 Å². The van der Waals surface area contributed by atoms with Crippen molar-refractivity contribution in [3.8, 4) is 11.1 Å². The first-order chi connectivity index (χ1) is 15.8. The molecule has 33 heavy (non-hydrogen) atoms. The Balaban J connectivity index is 1.64. The highest BCUT2D eigenvalue weighted by Crippen LogP contribution is 2.33. The minimum absolute atomic E-state index is 0.117. The lowest BCUT2D eigenvalue weighted by molar-refractivity contribution is -0.137. The third kappa shape index (κ3) is 5.82. The van der Waals surface area contributed by atoms with Crippen molar-refractivity contribution in [3.63, 3.8) is 0 Å². The Hall–Kier alpha value is -2.68. The summed E-state index contributed by atoms with van der Waals surface area (Å²) in [6.45, 7) is 2.82. The number of aromatic nitrogens is 2. The second-order valence-electron chi connectivity index (χ2n) is 8.96. The lowest BCUT2D eigenvalue weighted by Crippen LogP contribution is -2.47. The average molecular weight is 462 g/mol. The van der Waals surface area contributed by atoms with E-state index in [0.29, 0.717) is 30.0 Å². The number of benzene rings is 1. The second kappa shape index (κ2) is 10.1. The van der Waals surface area contributed by atoms with Crippen LogP contribution in [0.25, 0.3) is 11.1 Å². The monoisotopic (exact) mass is 461 g/mol. The Labute approximate surface area is 192 Å². The number of piperazine rings is 1. The molecule has 1 saturated heterocycles. The van der Waals surface area contributed by atoms with Gasteiger partial charge in [0.05, 0.1) is 5.56 Å². The number of anilines is 1. The largest absolute Gasteiger partial charge is 0.416 e. The Morgan fingerprint density at radius 3 is 2.24 bits per heavy atom. The smallest absolute Gasteiger partial charge is 0.367 e. The van der Waals surface area contributed by atoms with Crippen LogP contribution >= 0.6 is 0 Å². The molecule has 2 heterocycles. The van der Waals surface area contributed by atoms with E-state index in [4.69, 9.17) is 0 Å². The van der Waals surface area contributed by atoms with E-state index in [1.165, 1.54) is 25.0 Å². The maximum Gasteiger partial charge on any atom is 0.416 e. The van der Waals surface area contributed by atoms with E-state index < -0.39 is 11.7 Å². The summed E-state index contributed by atoms with van der Waals surface area (Å²) in [6, 6.07) is 5.20. The van der Waals surface area contributed by atoms with Crippen molar-refractivity contribution in [2.45, 2.75) is 50.7 Å². The number of amides is 1. The number of halogens is 3. The Kier molecular flexibility index (Phi) is 7.17. The SMILES string of the molecule is CN1CCN(C(=O)c2ncc(-c3ccc(C(F)(F)F)cc3)c(NC3CCCCCC3)n2)CC1. The molecule has 1 aromatic carbocycles. The third-order valence-corrected chi connectivity index (χ3v) is 6.49. The molecule has 178 valence electrons. The van der Waals surface area contributed by atoms with Crippen LogP contribution in [0.3, 0.4) is 0 Å². The van der Waals surface area contributed by atoms with E-state index >= 15 is 0 Å². The number of likely N-dealkylation sites (N-methyl/N-ethyl adjacent to an activating group) is 1. The van der Waals surface area contributed by atoms with Crippen molar-refractivity contribution in [1.82, 2.24) is 19.8 Å². The number of nitrogens with zero attached hydrogens (tertiary/aromatic N) is 4. The number of hydrogen-bond donors (Lipinski definition) is 1. The Morgan fingerprint density at radius 2 is 1.64 bits per heavy atom. The normalized spacial score (nSPS) is 18.7. The summed E-state index contributed by atoms with van der Waals surface area (Å²) in [7, 11) is 2.02. The first-order valence-electron chi connectivity index (χ1n) is 11.6. The molecule has 9 heteroatoms. The van der Waals surface area contributed by atoms with Gasteiger partial charge in [-0.3, -0.25) is 4.79 Å². The maximum atomic E-state index is 13.0. The molecule has 2 fully saturated rings. The van der Waals surface area contributed by atoms with Crippen molar-refractivity contribution in [1.29, 1.82) is 0 Å². The van der Waals surface area contributed by atoms with Crippen LogP contribution in [0, 0.1) is 0 Å². The molecule has 0 spiro atoms. The van der Waals surface area contributed by atoms with Gasteiger partial charge >= 0.3 is 6.18 Å². The van der Waals surface area contributed by atoms with Crippen LogP contribution in [0.5, 0.6) is 0 Å². The van der Waals surface area contributed by atoms with Crippen LogP contribution in [0.2, 0.25) is 0 Å². The van der Waals surface area contributed by atoms with Gasteiger partial charge in [-0.1, -0.05) is 37.8 Å². The van der Waals surface area contributed by atoms with Crippen LogP contribution in [-0.4, -0.2) is 64.9 Å². The van der Waals surface area contributed by atoms with Crippen LogP contribution in [0.4, 0.5) is 19.0 Å². The minimum atomic E-state index is -4.39. The Morgan fingerprint density at radius 1 is 1.00 bits per heavy atom. The van der Waals surface area contributed by atoms with Crippen LogP contribution in [0.1, 0.15) is 54.7 Å². The van der Waals surface area contributed by atoms with E-state index in [1.807, 2.05) is 7.05 Å². The van der Waals surface area contributed by atoms with Crippen molar-refractivity contribution in [3.05, 3.63) is 41.9 Å². The summed E-state index contributed by atoms with van der Waals surface area (Å²) in [5.74, 6) is 0.409. The standard InChI is InChI=1S/C24H30F3N5O/c1-31-12-14-32(15-13-31)23(33)22-28-16-20(17-8-10-18(11-9-17)24(25,26)27)21(30-22)29-19-6-4-2-3-5-7-19/h8-11,16,19H,2-7,12-15H2,1H3,(H,28,29,30). The second-order valence-corrected chi connectivity index (χ2v) is 8.96. The van der Waals surface area contributed by atoms with Crippen molar-refractivity contribution in [2.24, 2.45) is 0 Å². The first kappa shape index (κ1) is 23.5. The fourth-order valence-electron chi connectivity index (χ4n) is 4.41. The molecule has 0 atom stereocenters. The van der Waals surface area contributed by atoms with Gasteiger partial charge in [0.2, 0.25) is 5.82 Å². The number of carbonyl (C=O) groups is 1. The number of hydrogen-bond acceptors (Lipinski definition) is 5. The van der Waals surface area contributed by atoms with Crippen molar-refractivity contribution >= 4 is 11.7 Å². The zero-order chi connectivity index (χ0) is 23.4. The summed E-state index contributed by atoms with van der Waals surface area (Å²) in [5, 5.41) is 3.49. The molecule has 2 aromatic rings. The maximum absolute atomic E-state index is 13.0. The summed E-state index contributed by atoms with van der Waals surface area (Å²) in [6.07, 6.45) is 3.78. The lowest BCUT2D eigenvalue weighted by atomic mass is 10.0. The molecule has 4 rings (SSSR count). The molecule has 1 N–H and O–H groups in total. The van der Waals surface area contributed by atoms with E-state index in [2.05, 4.69) is 20.2 Å². The van der Waals surface area contributed by atoms with Gasteiger partial charge in [0.25, 0.3) is 5.91 Å². The summed E-state index contributed by atoms with van der Waals surface area (Å²) < 4.78 is 39.0. The predicted octanol–water partition coefficient (Wildman–Crippen LogP) is 4.68. The quantitative estimate of drug-likeness (QED) is 0.670. The molecule has 1 amide bonds. The van der Waals surface area contributed by atoms with Gasteiger partial charge in [-0.05, 0) is 37.6 Å². The molecule has 0 bridgehead atoms. The molecule has 1 aliphatic carbocycles. The average Bonchev–Trinajstić information content (AvgIpc) is 3.07. The predicted molar refractivity (Wildman–Crippen MR) is 121 cm³/mol. The van der Waals surface area contributed by atoms with Gasteiger partial charge in [0, 0.05) is 44.0 Å². The zero-order valence-corrected chi connectivity index (χ0v) is 18.9. The van der Waals surface area contributed by atoms with E-state index in [-0.39, 0.29) is 17.8 Å². The van der Waals surface area contributed by atoms with Gasteiger partial charge < -0.3 is 15.1 Å². The van der Waals surface area contributed by atoms with Crippen molar-refractivity contribution in [2.75, 3.05) is 38.5 Å². The summed E-state index contributed by atoms with van der Waals surface area (Å²) in [4.78, 5) is 25.9. The van der Waals surface area contributed by atoms with Gasteiger partial charge in [0.1, 0.15) is 5.82 Å². The van der Waals surface area contributed by atoms with Crippen LogP contribution in [0.15, 0.2) is 30.5 Å². The minimum Gasteiger partial charge on any atom is -0.367 e. The number of rotatable bonds is 4. The number of nitrogens with one attached hydrogen (secondary N) is 1. The number of alkyl halides is 3. The molecule has 1 saturated carbocycles. The molecule has 6 nitrogen and oxygen atoms in total. The molecule has 1 aromatic heterocycles. The molecule has 2 aliphatic rings. The molecule has 0 unspecified atom stereocenters. The topological polar surface area (TPSA) is 61.4 Å². The lowest BCUT2D eigenvalue weighted by Gasteiger charge is -2.32. The van der Waals surface area contributed by atoms with E-state index in [0.717, 1.165) is 50.9 Å². The van der Waals surface area contributed by atoms with Gasteiger partial charge in [-0.2, -0.15) is 13.2 Å². The van der Waals surface area contributed by atoms with Gasteiger partial charge in [0.15, 0.2) is 0 Å². The van der Waals surface area contributed by atoms with Gasteiger partial charge in [-0.15, -0.1) is 0 Å². The first-order valence-corrected chi connectivity index (χ1v) is 11.6. The van der Waals surface area contributed by atoms with Gasteiger partial charge in [-0.25, -0.2) is 9.97 Å². The molecule has 0 radical (unpaired) electrons. The number of carbonyl (C=O) groups excluding carboxylic acids is 1. The molecule has 1 aliphatic heterocycles. The highest BCUT2D eigenvalue weighted by Gasteiger charge is 2.30. The van der Waals surface area contributed by atoms with Crippen molar-refractivity contribution < 1.29 is 18.0 Å². The fourth-order valence-corrected chi connectivity index (χ4v) is 4.41.